The summed E-state index contributed by atoms with van der Waals surface area (Å²) in [4.78, 5) is 19.4. The van der Waals surface area contributed by atoms with Crippen LogP contribution in [-0.2, 0) is 0 Å². The first-order valence-electron chi connectivity index (χ1n) is 7.16. The number of hydrogen-bond donors (Lipinski definition) is 3. The zero-order valence-corrected chi connectivity index (χ0v) is 11.3. The van der Waals surface area contributed by atoms with E-state index < -0.39 is 6.10 Å². The van der Waals surface area contributed by atoms with Crippen LogP contribution in [0.5, 0.6) is 0 Å². The number of aliphatic hydroxyl groups is 1. The molecule has 3 rings (SSSR count). The van der Waals surface area contributed by atoms with E-state index in [1.807, 2.05) is 6.07 Å². The van der Waals surface area contributed by atoms with Gasteiger partial charge in [-0.3, -0.25) is 4.79 Å². The number of amides is 1. The van der Waals surface area contributed by atoms with Gasteiger partial charge < -0.3 is 15.4 Å². The van der Waals surface area contributed by atoms with Gasteiger partial charge in [-0.15, -0.1) is 0 Å². The lowest BCUT2D eigenvalue weighted by molar-refractivity contribution is 0.0819. The molecule has 0 bridgehead atoms. The Morgan fingerprint density at radius 1 is 1.30 bits per heavy atom. The Morgan fingerprint density at radius 3 is 3.05 bits per heavy atom. The topological polar surface area (TPSA) is 78.0 Å². The average Bonchev–Trinajstić information content (AvgIpc) is 2.83. The van der Waals surface area contributed by atoms with Gasteiger partial charge in [-0.25, -0.2) is 4.98 Å². The minimum atomic E-state index is -0.433. The standard InChI is InChI=1S/C15H19N3O2/c19-14-5-3-1-2-4-12(14)18-15(20)10-6-7-11-13(8-10)17-9-16-11/h6-9,12,14,19H,1-5H2,(H,16,17)(H,18,20). The number of nitrogens with one attached hydrogen (secondary N) is 2. The fourth-order valence-electron chi connectivity index (χ4n) is 2.78. The zero-order chi connectivity index (χ0) is 13.9. The van der Waals surface area contributed by atoms with E-state index in [9.17, 15) is 9.90 Å². The number of hydrogen-bond acceptors (Lipinski definition) is 3. The van der Waals surface area contributed by atoms with E-state index in [2.05, 4.69) is 15.3 Å². The van der Waals surface area contributed by atoms with Crippen molar-refractivity contribution in [1.29, 1.82) is 0 Å². The van der Waals surface area contributed by atoms with Crippen LogP contribution in [0.3, 0.4) is 0 Å². The number of H-pyrrole nitrogens is 1. The number of carbonyl (C=O) groups excluding carboxylic acids is 1. The van der Waals surface area contributed by atoms with E-state index in [0.717, 1.165) is 43.1 Å². The molecule has 1 aromatic heterocycles. The Hall–Kier alpha value is -1.88. The summed E-state index contributed by atoms with van der Waals surface area (Å²) in [5.74, 6) is -0.132. The minimum Gasteiger partial charge on any atom is -0.391 e. The number of nitrogens with zero attached hydrogens (tertiary/aromatic N) is 1. The van der Waals surface area contributed by atoms with Crippen LogP contribution in [0.1, 0.15) is 42.5 Å². The predicted molar refractivity (Wildman–Crippen MR) is 76.4 cm³/mol. The summed E-state index contributed by atoms with van der Waals surface area (Å²) in [7, 11) is 0. The van der Waals surface area contributed by atoms with E-state index in [0.29, 0.717) is 5.56 Å². The molecule has 0 aliphatic heterocycles. The van der Waals surface area contributed by atoms with Gasteiger partial charge in [-0.1, -0.05) is 19.3 Å². The highest BCUT2D eigenvalue weighted by Crippen LogP contribution is 2.19. The van der Waals surface area contributed by atoms with Gasteiger partial charge in [0.2, 0.25) is 0 Å². The first kappa shape index (κ1) is 13.1. The van der Waals surface area contributed by atoms with Crippen LogP contribution in [0.4, 0.5) is 0 Å². The number of fused-ring (bicyclic) bond motifs is 1. The molecule has 1 fully saturated rings. The Kier molecular flexibility index (Phi) is 3.69. The molecule has 2 atom stereocenters. The van der Waals surface area contributed by atoms with Gasteiger partial charge in [0.1, 0.15) is 0 Å². The summed E-state index contributed by atoms with van der Waals surface area (Å²) < 4.78 is 0. The van der Waals surface area contributed by atoms with Crippen molar-refractivity contribution in [3.05, 3.63) is 30.1 Å². The Labute approximate surface area is 117 Å². The molecule has 2 unspecified atom stereocenters. The van der Waals surface area contributed by atoms with Crippen molar-refractivity contribution >= 4 is 16.9 Å². The quantitative estimate of drug-likeness (QED) is 0.732. The molecule has 2 aromatic rings. The third kappa shape index (κ3) is 2.67. The van der Waals surface area contributed by atoms with Crippen molar-refractivity contribution in [2.24, 2.45) is 0 Å². The summed E-state index contributed by atoms with van der Waals surface area (Å²) in [6.07, 6.45) is 6.02. The van der Waals surface area contributed by atoms with Crippen LogP contribution < -0.4 is 5.32 Å². The number of benzene rings is 1. The lowest BCUT2D eigenvalue weighted by Gasteiger charge is -2.21. The summed E-state index contributed by atoms with van der Waals surface area (Å²) in [6.45, 7) is 0. The second-order valence-corrected chi connectivity index (χ2v) is 5.42. The summed E-state index contributed by atoms with van der Waals surface area (Å²) in [5, 5.41) is 13.0. The van der Waals surface area contributed by atoms with Crippen molar-refractivity contribution in [2.45, 2.75) is 44.2 Å². The lowest BCUT2D eigenvalue weighted by atomic mass is 10.1. The number of aromatic amines is 1. The molecular formula is C15H19N3O2. The van der Waals surface area contributed by atoms with Crippen LogP contribution in [0.2, 0.25) is 0 Å². The van der Waals surface area contributed by atoms with E-state index >= 15 is 0 Å². The number of carbonyl (C=O) groups is 1. The molecule has 1 aromatic carbocycles. The molecule has 1 aliphatic rings. The van der Waals surface area contributed by atoms with Crippen molar-refractivity contribution in [1.82, 2.24) is 15.3 Å². The second kappa shape index (κ2) is 5.63. The van der Waals surface area contributed by atoms with Crippen LogP contribution in [0.15, 0.2) is 24.5 Å². The summed E-state index contributed by atoms with van der Waals surface area (Å²) >= 11 is 0. The van der Waals surface area contributed by atoms with Crippen LogP contribution in [0.25, 0.3) is 11.0 Å². The third-order valence-electron chi connectivity index (χ3n) is 3.98. The third-order valence-corrected chi connectivity index (χ3v) is 3.98. The monoisotopic (exact) mass is 273 g/mol. The summed E-state index contributed by atoms with van der Waals surface area (Å²) in [5.41, 5.74) is 2.29. The van der Waals surface area contributed by atoms with Crippen LogP contribution in [-0.4, -0.2) is 33.1 Å². The molecule has 1 amide bonds. The first-order valence-corrected chi connectivity index (χ1v) is 7.16. The molecule has 5 heteroatoms. The second-order valence-electron chi connectivity index (χ2n) is 5.42. The van der Waals surface area contributed by atoms with Crippen molar-refractivity contribution in [3.8, 4) is 0 Å². The van der Waals surface area contributed by atoms with E-state index in [1.54, 1.807) is 18.5 Å². The molecular weight excluding hydrogens is 254 g/mol. The smallest absolute Gasteiger partial charge is 0.251 e. The molecule has 5 nitrogen and oxygen atoms in total. The maximum absolute atomic E-state index is 12.3. The maximum Gasteiger partial charge on any atom is 0.251 e. The molecule has 20 heavy (non-hydrogen) atoms. The molecule has 1 heterocycles. The van der Waals surface area contributed by atoms with E-state index in [4.69, 9.17) is 0 Å². The van der Waals surface area contributed by atoms with Crippen LogP contribution >= 0.6 is 0 Å². The Bertz CT molecular complexity index is 608. The minimum absolute atomic E-state index is 0.132. The molecule has 3 N–H and O–H groups in total. The van der Waals surface area contributed by atoms with Gasteiger partial charge in [-0.05, 0) is 31.0 Å². The number of aromatic nitrogens is 2. The van der Waals surface area contributed by atoms with E-state index in [-0.39, 0.29) is 11.9 Å². The van der Waals surface area contributed by atoms with Crippen molar-refractivity contribution in [3.63, 3.8) is 0 Å². The van der Waals surface area contributed by atoms with Gasteiger partial charge in [0.15, 0.2) is 0 Å². The highest BCUT2D eigenvalue weighted by atomic mass is 16.3. The van der Waals surface area contributed by atoms with Crippen LogP contribution in [0, 0.1) is 0 Å². The molecule has 0 radical (unpaired) electrons. The average molecular weight is 273 g/mol. The molecule has 0 saturated heterocycles. The molecule has 1 saturated carbocycles. The van der Waals surface area contributed by atoms with Gasteiger partial charge in [0, 0.05) is 5.56 Å². The lowest BCUT2D eigenvalue weighted by Crippen LogP contribution is -2.42. The van der Waals surface area contributed by atoms with Crippen molar-refractivity contribution < 1.29 is 9.90 Å². The highest BCUT2D eigenvalue weighted by molar-refractivity contribution is 5.97. The molecule has 106 valence electrons. The normalized spacial score (nSPS) is 23.4. The van der Waals surface area contributed by atoms with Gasteiger partial charge >= 0.3 is 0 Å². The van der Waals surface area contributed by atoms with Crippen molar-refractivity contribution in [2.75, 3.05) is 0 Å². The number of rotatable bonds is 2. The fraction of sp³-hybridized carbons (Fsp3) is 0.467. The fourth-order valence-corrected chi connectivity index (χ4v) is 2.78. The van der Waals surface area contributed by atoms with Gasteiger partial charge in [0.25, 0.3) is 5.91 Å². The number of aliphatic hydroxyl groups excluding tert-OH is 1. The first-order chi connectivity index (χ1) is 9.74. The predicted octanol–water partition coefficient (Wildman–Crippen LogP) is 1.99. The Morgan fingerprint density at radius 2 is 2.15 bits per heavy atom. The molecule has 0 spiro atoms. The zero-order valence-electron chi connectivity index (χ0n) is 11.3. The molecule has 1 aliphatic carbocycles. The maximum atomic E-state index is 12.3. The SMILES string of the molecule is O=C(NC1CCCCCC1O)c1ccc2nc[nH]c2c1. The number of imidazole rings is 1. The van der Waals surface area contributed by atoms with Gasteiger partial charge in [-0.2, -0.15) is 0 Å². The highest BCUT2D eigenvalue weighted by Gasteiger charge is 2.23. The Balaban J connectivity index is 1.74. The largest absolute Gasteiger partial charge is 0.391 e. The van der Waals surface area contributed by atoms with Gasteiger partial charge in [0.05, 0.1) is 29.5 Å². The van der Waals surface area contributed by atoms with E-state index in [1.165, 1.54) is 0 Å². The summed E-state index contributed by atoms with van der Waals surface area (Å²) in [6, 6.07) is 5.24.